The van der Waals surface area contributed by atoms with Gasteiger partial charge in [-0.25, -0.2) is 0 Å². The third-order valence-electron chi connectivity index (χ3n) is 0.702. The van der Waals surface area contributed by atoms with E-state index in [-0.39, 0.29) is 0 Å². The van der Waals surface area contributed by atoms with Crippen LogP contribution in [-0.2, 0) is 10.9 Å². The quantitative estimate of drug-likeness (QED) is 0.580. The molecule has 0 aliphatic rings. The van der Waals surface area contributed by atoms with Crippen molar-refractivity contribution >= 4 is 36.7 Å². The molecule has 0 heterocycles. The number of hydrogen-bond acceptors (Lipinski definition) is 1. The van der Waals surface area contributed by atoms with E-state index in [4.69, 9.17) is 35.8 Å². The molecule has 0 saturated carbocycles. The van der Waals surface area contributed by atoms with Crippen LogP contribution < -0.4 is 0 Å². The molecule has 0 aliphatic heterocycles. The Labute approximate surface area is 79.1 Å². The zero-order valence-corrected chi connectivity index (χ0v) is 8.97. The predicted octanol–water partition coefficient (Wildman–Crippen LogP) is 3.89. The van der Waals surface area contributed by atoms with Gasteiger partial charge in [0.2, 0.25) is 0 Å². The normalized spacial score (nSPS) is 9.40. The Morgan fingerprint density at radius 2 is 1.80 bits per heavy atom. The molecule has 0 aliphatic carbocycles. The topological polar surface area (TPSA) is 23.9 Å². The minimum atomic E-state index is -1.19. The van der Waals surface area contributed by atoms with Crippen molar-refractivity contribution in [3.05, 3.63) is 0 Å². The molecule has 0 atom stereocenters. The Hall–Kier alpha value is 1.05. The van der Waals surface area contributed by atoms with Gasteiger partial charge >= 0.3 is 41.4 Å². The minimum absolute atomic E-state index is 0.955. The molecule has 10 heavy (non-hydrogen) atoms. The van der Waals surface area contributed by atoms with E-state index < -0.39 is 10.9 Å². The van der Waals surface area contributed by atoms with Gasteiger partial charge in [0.05, 0.1) is 0 Å². The molecule has 0 aromatic heterocycles. The van der Waals surface area contributed by atoms with Gasteiger partial charge in [0.1, 0.15) is 0 Å². The molecule has 0 fully saturated rings. The van der Waals surface area contributed by atoms with E-state index in [1.165, 1.54) is 19.1 Å². The van der Waals surface area contributed by atoms with Crippen LogP contribution >= 0.6 is 30.4 Å². The van der Waals surface area contributed by atoms with Gasteiger partial charge in [0, 0.05) is 0 Å². The molecule has 66 valence electrons. The maximum absolute atomic E-state index is 6.58. The average Bonchev–Trinajstić information content (AvgIpc) is 1.82. The number of rotatable bonds is 3. The fourth-order valence-corrected chi connectivity index (χ4v) is 0.306. The molecule has 1 nitrogen and oxygen atoms in total. The monoisotopic (exact) mass is 249 g/mol. The molecule has 0 spiro atoms. The Morgan fingerprint density at radius 1 is 1.40 bits per heavy atom. The fourth-order valence-electron chi connectivity index (χ4n) is 0.306. The molecule has 5 heteroatoms. The summed E-state index contributed by atoms with van der Waals surface area (Å²) < 4.78 is 0. The molecule has 0 rings (SSSR count). The molecule has 0 radical (unpaired) electrons. The summed E-state index contributed by atoms with van der Waals surface area (Å²) in [6, 6.07) is 0. The van der Waals surface area contributed by atoms with Crippen molar-refractivity contribution in [3.8, 4) is 0 Å². The van der Waals surface area contributed by atoms with Crippen LogP contribution in [0.5, 0.6) is 0 Å². The molecule has 0 aromatic carbocycles. The first-order valence-corrected chi connectivity index (χ1v) is 7.08. The second kappa shape index (κ2) is 12.7. The standard InChI is InChI=1S/C5H11N.3ClH.Co/c1-2-3-4-5-6;;;;/h5-6H,2-4H2,1H3;3*1H;/q;;;;+3/p-3. The SMILES string of the molecule is CCCCC=N.[Cl][Co]([Cl])[Cl]. The second-order valence-electron chi connectivity index (χ2n) is 1.49. The maximum atomic E-state index is 6.58. The summed E-state index contributed by atoms with van der Waals surface area (Å²) in [5.74, 6) is 0. The summed E-state index contributed by atoms with van der Waals surface area (Å²) in [4.78, 5) is 0. The van der Waals surface area contributed by atoms with Crippen LogP contribution in [0.2, 0.25) is 0 Å². The van der Waals surface area contributed by atoms with E-state index in [9.17, 15) is 0 Å². The zero-order valence-electron chi connectivity index (χ0n) is 5.67. The van der Waals surface area contributed by atoms with Gasteiger partial charge in [0.25, 0.3) is 0 Å². The first-order chi connectivity index (χ1) is 4.65. The van der Waals surface area contributed by atoms with Crippen LogP contribution in [0.4, 0.5) is 0 Å². The van der Waals surface area contributed by atoms with Crippen LogP contribution in [0.25, 0.3) is 0 Å². The summed E-state index contributed by atoms with van der Waals surface area (Å²) in [5.41, 5.74) is 0. The Kier molecular flexibility index (Phi) is 17.3. The van der Waals surface area contributed by atoms with Crippen LogP contribution in [0.1, 0.15) is 26.2 Å². The van der Waals surface area contributed by atoms with Gasteiger partial charge in [-0.15, -0.1) is 0 Å². The first-order valence-electron chi connectivity index (χ1n) is 2.78. The molecule has 0 bridgehead atoms. The summed E-state index contributed by atoms with van der Waals surface area (Å²) in [5, 5.41) is 6.58. The van der Waals surface area contributed by atoms with E-state index in [2.05, 4.69) is 6.92 Å². The van der Waals surface area contributed by atoms with E-state index in [0.717, 1.165) is 6.42 Å². The predicted molar refractivity (Wildman–Crippen MR) is 45.9 cm³/mol. The van der Waals surface area contributed by atoms with Crippen molar-refractivity contribution in [1.82, 2.24) is 0 Å². The Morgan fingerprint density at radius 3 is 1.90 bits per heavy atom. The van der Waals surface area contributed by atoms with Gasteiger partial charge in [0.15, 0.2) is 0 Å². The Balaban J connectivity index is 0. The number of unbranched alkanes of at least 4 members (excludes halogenated alkanes) is 2. The van der Waals surface area contributed by atoms with Gasteiger partial charge < -0.3 is 5.41 Å². The van der Waals surface area contributed by atoms with Crippen molar-refractivity contribution in [2.24, 2.45) is 0 Å². The van der Waals surface area contributed by atoms with Crippen LogP contribution in [0.15, 0.2) is 0 Å². The zero-order chi connectivity index (χ0) is 8.41. The molecular formula is C5H11Cl3CoN. The summed E-state index contributed by atoms with van der Waals surface area (Å²) >= 11 is 0. The van der Waals surface area contributed by atoms with Gasteiger partial charge in [-0.3, -0.25) is 0 Å². The van der Waals surface area contributed by atoms with Gasteiger partial charge in [-0.2, -0.15) is 0 Å². The van der Waals surface area contributed by atoms with Gasteiger partial charge in [-0.1, -0.05) is 13.3 Å². The number of halogens is 3. The average molecular weight is 250 g/mol. The van der Waals surface area contributed by atoms with Crippen LogP contribution in [-0.4, -0.2) is 6.21 Å². The van der Waals surface area contributed by atoms with Crippen molar-refractivity contribution < 1.29 is 10.9 Å². The second-order valence-corrected chi connectivity index (χ2v) is 6.65. The van der Waals surface area contributed by atoms with Gasteiger partial charge in [-0.05, 0) is 19.1 Å². The van der Waals surface area contributed by atoms with Crippen molar-refractivity contribution in [2.75, 3.05) is 0 Å². The molecule has 0 amide bonds. The molecule has 0 unspecified atom stereocenters. The van der Waals surface area contributed by atoms with Crippen molar-refractivity contribution in [2.45, 2.75) is 26.2 Å². The van der Waals surface area contributed by atoms with E-state index in [0.29, 0.717) is 0 Å². The summed E-state index contributed by atoms with van der Waals surface area (Å²) in [6.45, 7) is 2.13. The summed E-state index contributed by atoms with van der Waals surface area (Å²) in [7, 11) is 13.4. The first kappa shape index (κ1) is 13.6. The molecule has 0 aromatic rings. The Bertz CT molecular complexity index is 67.2. The van der Waals surface area contributed by atoms with Crippen LogP contribution in [0, 0.1) is 5.41 Å². The number of hydrogen-bond donors (Lipinski definition) is 1. The van der Waals surface area contributed by atoms with Crippen molar-refractivity contribution in [1.29, 1.82) is 5.41 Å². The third-order valence-corrected chi connectivity index (χ3v) is 0.702. The van der Waals surface area contributed by atoms with E-state index in [1.54, 1.807) is 0 Å². The van der Waals surface area contributed by atoms with E-state index >= 15 is 0 Å². The third kappa shape index (κ3) is 35.8. The fraction of sp³-hybridized carbons (Fsp3) is 0.800. The van der Waals surface area contributed by atoms with Crippen LogP contribution in [0.3, 0.4) is 0 Å². The number of nitrogens with one attached hydrogen (secondary N) is 1. The molecule has 0 saturated heterocycles. The molecule has 1 N–H and O–H groups in total. The van der Waals surface area contributed by atoms with Crippen molar-refractivity contribution in [3.63, 3.8) is 0 Å². The summed E-state index contributed by atoms with van der Waals surface area (Å²) in [6.07, 6.45) is 4.79. The van der Waals surface area contributed by atoms with E-state index in [1.807, 2.05) is 0 Å². The molecular weight excluding hydrogens is 239 g/mol.